The van der Waals surface area contributed by atoms with Gasteiger partial charge in [-0.05, 0) is 50.0 Å². The van der Waals surface area contributed by atoms with E-state index in [1.165, 1.54) is 5.56 Å². The van der Waals surface area contributed by atoms with Crippen molar-refractivity contribution in [3.63, 3.8) is 0 Å². The maximum Gasteiger partial charge on any atom is 0.220 e. The molecule has 0 aliphatic carbocycles. The summed E-state index contributed by atoms with van der Waals surface area (Å²) in [6, 6.07) is 10.7. The third kappa shape index (κ3) is 4.84. The molecule has 152 valence electrons. The SMILES string of the molecule is Cn1cc([C@@H]2NC(=O)CC[C@H]2NC2CCN(Cc3ccc(C#N)cc3)CC2)cn1. The number of carbonyl (C=O) groups is 1. The Balaban J connectivity index is 1.31. The number of piperidine rings is 2. The molecule has 7 heteroatoms. The first-order valence-electron chi connectivity index (χ1n) is 10.4. The Labute approximate surface area is 171 Å². The number of likely N-dealkylation sites (tertiary alicyclic amines) is 1. The lowest BCUT2D eigenvalue weighted by Gasteiger charge is -2.38. The molecule has 1 amide bonds. The van der Waals surface area contributed by atoms with E-state index >= 15 is 0 Å². The number of nitrogens with zero attached hydrogens (tertiary/aromatic N) is 4. The lowest BCUT2D eigenvalue weighted by Crippen LogP contribution is -2.53. The molecule has 0 unspecified atom stereocenters. The minimum Gasteiger partial charge on any atom is -0.348 e. The zero-order valence-electron chi connectivity index (χ0n) is 16.8. The lowest BCUT2D eigenvalue weighted by molar-refractivity contribution is -0.124. The smallest absolute Gasteiger partial charge is 0.220 e. The monoisotopic (exact) mass is 392 g/mol. The van der Waals surface area contributed by atoms with Crippen LogP contribution >= 0.6 is 0 Å². The largest absolute Gasteiger partial charge is 0.348 e. The topological polar surface area (TPSA) is 86.0 Å². The van der Waals surface area contributed by atoms with Gasteiger partial charge in [0.25, 0.3) is 0 Å². The first-order chi connectivity index (χ1) is 14.1. The average Bonchev–Trinajstić information content (AvgIpc) is 3.17. The fourth-order valence-corrected chi connectivity index (χ4v) is 4.40. The second-order valence-corrected chi connectivity index (χ2v) is 8.16. The fraction of sp³-hybridized carbons (Fsp3) is 0.500. The zero-order chi connectivity index (χ0) is 20.2. The summed E-state index contributed by atoms with van der Waals surface area (Å²) in [4.78, 5) is 14.4. The second-order valence-electron chi connectivity index (χ2n) is 8.16. The molecule has 2 saturated heterocycles. The number of benzene rings is 1. The standard InChI is InChI=1S/C22H28N6O/c1-27-15-18(13-24-27)22-20(6-7-21(29)26-22)25-19-8-10-28(11-9-19)14-17-4-2-16(12-23)3-5-17/h2-5,13,15,19-20,22,25H,6-11,14H2,1H3,(H,26,29)/t20-,22+/m1/s1. The van der Waals surface area contributed by atoms with Crippen LogP contribution in [-0.2, 0) is 18.4 Å². The molecule has 0 radical (unpaired) electrons. The van der Waals surface area contributed by atoms with E-state index in [-0.39, 0.29) is 18.0 Å². The number of rotatable bonds is 5. The van der Waals surface area contributed by atoms with Crippen LogP contribution < -0.4 is 10.6 Å². The van der Waals surface area contributed by atoms with E-state index < -0.39 is 0 Å². The van der Waals surface area contributed by atoms with Crippen molar-refractivity contribution in [3.8, 4) is 6.07 Å². The molecule has 4 rings (SSSR count). The van der Waals surface area contributed by atoms with Crippen molar-refractivity contribution < 1.29 is 4.79 Å². The Morgan fingerprint density at radius 1 is 1.24 bits per heavy atom. The molecule has 2 aliphatic rings. The van der Waals surface area contributed by atoms with Crippen LogP contribution in [0.5, 0.6) is 0 Å². The Kier molecular flexibility index (Phi) is 5.93. The summed E-state index contributed by atoms with van der Waals surface area (Å²) < 4.78 is 1.79. The van der Waals surface area contributed by atoms with Crippen LogP contribution in [0.2, 0.25) is 0 Å². The Morgan fingerprint density at radius 3 is 2.66 bits per heavy atom. The minimum atomic E-state index is -0.0124. The number of hydrogen-bond donors (Lipinski definition) is 2. The lowest BCUT2D eigenvalue weighted by atomic mass is 9.91. The van der Waals surface area contributed by atoms with Crippen LogP contribution in [0.15, 0.2) is 36.7 Å². The summed E-state index contributed by atoms with van der Waals surface area (Å²) in [6.07, 6.45) is 7.47. The Hall–Kier alpha value is -2.69. The number of nitrogens with one attached hydrogen (secondary N) is 2. The van der Waals surface area contributed by atoms with Crippen LogP contribution in [0.3, 0.4) is 0 Å². The van der Waals surface area contributed by atoms with E-state index in [2.05, 4.69) is 26.7 Å². The summed E-state index contributed by atoms with van der Waals surface area (Å²) in [5.74, 6) is 0.120. The molecule has 0 saturated carbocycles. The third-order valence-corrected chi connectivity index (χ3v) is 6.01. The van der Waals surface area contributed by atoms with E-state index in [0.717, 1.165) is 44.5 Å². The maximum absolute atomic E-state index is 12.0. The van der Waals surface area contributed by atoms with Crippen molar-refractivity contribution in [3.05, 3.63) is 53.3 Å². The number of carbonyl (C=O) groups excluding carboxylic acids is 1. The van der Waals surface area contributed by atoms with Gasteiger partial charge in [0.2, 0.25) is 5.91 Å². The molecule has 29 heavy (non-hydrogen) atoms. The number of hydrogen-bond acceptors (Lipinski definition) is 5. The molecule has 2 fully saturated rings. The van der Waals surface area contributed by atoms with Gasteiger partial charge in [0.1, 0.15) is 0 Å². The highest BCUT2D eigenvalue weighted by Gasteiger charge is 2.33. The van der Waals surface area contributed by atoms with Crippen molar-refractivity contribution in [2.75, 3.05) is 13.1 Å². The molecule has 2 atom stereocenters. The van der Waals surface area contributed by atoms with Gasteiger partial charge in [0.15, 0.2) is 0 Å². The molecule has 7 nitrogen and oxygen atoms in total. The molecule has 2 aromatic rings. The number of aryl methyl sites for hydroxylation is 1. The van der Waals surface area contributed by atoms with Crippen LogP contribution in [0.25, 0.3) is 0 Å². The predicted molar refractivity (Wildman–Crippen MR) is 110 cm³/mol. The highest BCUT2D eigenvalue weighted by Crippen LogP contribution is 2.25. The first kappa shape index (κ1) is 19.6. The van der Waals surface area contributed by atoms with Gasteiger partial charge in [-0.2, -0.15) is 10.4 Å². The van der Waals surface area contributed by atoms with Crippen LogP contribution in [0.4, 0.5) is 0 Å². The van der Waals surface area contributed by atoms with Gasteiger partial charge in [-0.1, -0.05) is 12.1 Å². The van der Waals surface area contributed by atoms with Gasteiger partial charge in [0.05, 0.1) is 23.9 Å². The third-order valence-electron chi connectivity index (χ3n) is 6.01. The second kappa shape index (κ2) is 8.76. The number of nitriles is 1. The van der Waals surface area contributed by atoms with Crippen LogP contribution in [-0.4, -0.2) is 45.8 Å². The van der Waals surface area contributed by atoms with Crippen molar-refractivity contribution in [1.29, 1.82) is 5.26 Å². The number of amides is 1. The summed E-state index contributed by atoms with van der Waals surface area (Å²) in [6.45, 7) is 3.03. The quantitative estimate of drug-likeness (QED) is 0.811. The highest BCUT2D eigenvalue weighted by atomic mass is 16.1. The van der Waals surface area contributed by atoms with E-state index in [1.807, 2.05) is 43.7 Å². The minimum absolute atomic E-state index is 0.0124. The van der Waals surface area contributed by atoms with Gasteiger partial charge >= 0.3 is 0 Å². The Bertz CT molecular complexity index is 875. The van der Waals surface area contributed by atoms with Gasteiger partial charge in [-0.25, -0.2) is 0 Å². The van der Waals surface area contributed by atoms with E-state index in [9.17, 15) is 4.79 Å². The average molecular weight is 393 g/mol. The van der Waals surface area contributed by atoms with E-state index in [4.69, 9.17) is 5.26 Å². The molecule has 0 spiro atoms. The highest BCUT2D eigenvalue weighted by molar-refractivity contribution is 5.77. The van der Waals surface area contributed by atoms with Gasteiger partial charge in [-0.15, -0.1) is 0 Å². The van der Waals surface area contributed by atoms with Gasteiger partial charge < -0.3 is 10.6 Å². The molecular weight excluding hydrogens is 364 g/mol. The molecule has 2 N–H and O–H groups in total. The zero-order valence-corrected chi connectivity index (χ0v) is 16.8. The van der Waals surface area contributed by atoms with Gasteiger partial charge in [-0.3, -0.25) is 14.4 Å². The van der Waals surface area contributed by atoms with E-state index in [0.29, 0.717) is 18.0 Å². The molecule has 0 bridgehead atoms. The fourth-order valence-electron chi connectivity index (χ4n) is 4.40. The van der Waals surface area contributed by atoms with Crippen molar-refractivity contribution in [1.82, 2.24) is 25.3 Å². The van der Waals surface area contributed by atoms with Crippen molar-refractivity contribution >= 4 is 5.91 Å². The maximum atomic E-state index is 12.0. The predicted octanol–water partition coefficient (Wildman–Crippen LogP) is 1.87. The van der Waals surface area contributed by atoms with Crippen LogP contribution in [0.1, 0.15) is 48.4 Å². The van der Waals surface area contributed by atoms with E-state index in [1.54, 1.807) is 4.68 Å². The summed E-state index contributed by atoms with van der Waals surface area (Å²) in [5, 5.41) is 20.2. The van der Waals surface area contributed by atoms with Gasteiger partial charge in [0, 0.05) is 43.9 Å². The Morgan fingerprint density at radius 2 is 2.00 bits per heavy atom. The first-order valence-corrected chi connectivity index (χ1v) is 10.4. The van der Waals surface area contributed by atoms with Crippen LogP contribution in [0, 0.1) is 11.3 Å². The summed E-state index contributed by atoms with van der Waals surface area (Å²) in [5.41, 5.74) is 3.03. The molecule has 3 heterocycles. The molecule has 1 aromatic heterocycles. The molecular formula is C22H28N6O. The van der Waals surface area contributed by atoms with Crippen molar-refractivity contribution in [2.24, 2.45) is 7.05 Å². The molecule has 1 aromatic carbocycles. The summed E-state index contributed by atoms with van der Waals surface area (Å²) in [7, 11) is 1.90. The summed E-state index contributed by atoms with van der Waals surface area (Å²) >= 11 is 0. The normalized spacial score (nSPS) is 23.5. The van der Waals surface area contributed by atoms with Crippen molar-refractivity contribution in [2.45, 2.75) is 50.4 Å². The molecule has 2 aliphatic heterocycles. The number of aromatic nitrogens is 2.